The summed E-state index contributed by atoms with van der Waals surface area (Å²) in [5, 5.41) is 3.28. The van der Waals surface area contributed by atoms with E-state index in [9.17, 15) is 14.0 Å². The van der Waals surface area contributed by atoms with Gasteiger partial charge in [0.2, 0.25) is 0 Å². The highest BCUT2D eigenvalue weighted by atomic mass is 19.1. The summed E-state index contributed by atoms with van der Waals surface area (Å²) in [4.78, 5) is 30.1. The Hall–Kier alpha value is -3.28. The topological polar surface area (TPSA) is 64.0 Å². The molecule has 0 saturated carbocycles. The molecule has 0 spiro atoms. The average Bonchev–Trinajstić information content (AvgIpc) is 2.64. The van der Waals surface area contributed by atoms with E-state index in [0.717, 1.165) is 11.1 Å². The number of aromatic nitrogens is 2. The number of nitrogens with zero attached hydrogens (tertiary/aromatic N) is 2. The van der Waals surface area contributed by atoms with E-state index in [0.29, 0.717) is 16.7 Å². The third-order valence-electron chi connectivity index (χ3n) is 4.44. The monoisotopic (exact) mass is 379 g/mol. The first-order valence-corrected chi connectivity index (χ1v) is 9.01. The van der Waals surface area contributed by atoms with Gasteiger partial charge in [-0.2, -0.15) is 0 Å². The smallest absolute Gasteiger partial charge is 0.265 e. The number of allylic oxidation sites excluding steroid dienone is 1. The van der Waals surface area contributed by atoms with Gasteiger partial charge in [-0.05, 0) is 48.2 Å². The molecule has 0 atom stereocenters. The lowest BCUT2D eigenvalue weighted by molar-refractivity contribution is 0.0964. The van der Waals surface area contributed by atoms with Gasteiger partial charge < -0.3 is 5.32 Å². The Balaban J connectivity index is 2.21. The van der Waals surface area contributed by atoms with E-state index in [-0.39, 0.29) is 23.8 Å². The van der Waals surface area contributed by atoms with Crippen LogP contribution in [0.15, 0.2) is 59.7 Å². The van der Waals surface area contributed by atoms with Crippen molar-refractivity contribution in [2.45, 2.75) is 33.2 Å². The van der Waals surface area contributed by atoms with Gasteiger partial charge in [-0.1, -0.05) is 32.6 Å². The van der Waals surface area contributed by atoms with Crippen molar-refractivity contribution in [2.75, 3.05) is 0 Å². The Morgan fingerprint density at radius 3 is 2.54 bits per heavy atom. The molecule has 3 aromatic rings. The Bertz CT molecular complexity index is 1120. The van der Waals surface area contributed by atoms with E-state index in [1.54, 1.807) is 31.3 Å². The molecule has 1 aromatic carbocycles. The lowest BCUT2D eigenvalue weighted by Crippen LogP contribution is -2.33. The molecule has 0 aliphatic carbocycles. The fourth-order valence-corrected chi connectivity index (χ4v) is 2.94. The number of carbonyl (C=O) groups excluding carboxylic acids is 1. The zero-order valence-corrected chi connectivity index (χ0v) is 16.1. The van der Waals surface area contributed by atoms with Crippen LogP contribution in [0, 0.1) is 5.82 Å². The van der Waals surface area contributed by atoms with Crippen LogP contribution in [0.5, 0.6) is 0 Å². The van der Waals surface area contributed by atoms with Crippen molar-refractivity contribution in [3.05, 3.63) is 87.7 Å². The third kappa shape index (κ3) is 4.01. The van der Waals surface area contributed by atoms with Gasteiger partial charge in [0.15, 0.2) is 0 Å². The van der Waals surface area contributed by atoms with Crippen molar-refractivity contribution < 1.29 is 9.18 Å². The molecule has 144 valence electrons. The van der Waals surface area contributed by atoms with Gasteiger partial charge in [-0.25, -0.2) is 9.37 Å². The van der Waals surface area contributed by atoms with Crippen LogP contribution in [0.1, 0.15) is 48.2 Å². The van der Waals surface area contributed by atoms with Gasteiger partial charge in [-0.3, -0.25) is 14.2 Å². The summed E-state index contributed by atoms with van der Waals surface area (Å²) >= 11 is 0. The first-order valence-electron chi connectivity index (χ1n) is 9.01. The molecular formula is C22H22FN3O2. The third-order valence-corrected chi connectivity index (χ3v) is 4.44. The molecule has 28 heavy (non-hydrogen) atoms. The summed E-state index contributed by atoms with van der Waals surface area (Å²) in [5.74, 6) is -0.612. The predicted molar refractivity (Wildman–Crippen MR) is 108 cm³/mol. The first kappa shape index (κ1) is 19.5. The zero-order valence-electron chi connectivity index (χ0n) is 16.1. The highest BCUT2D eigenvalue weighted by Gasteiger charge is 2.17. The number of hydrogen-bond acceptors (Lipinski definition) is 3. The summed E-state index contributed by atoms with van der Waals surface area (Å²) in [6.07, 6.45) is 1.74. The maximum Gasteiger partial charge on any atom is 0.265 e. The van der Waals surface area contributed by atoms with Crippen molar-refractivity contribution in [2.24, 2.45) is 0 Å². The number of nitrogens with one attached hydrogen (secondary N) is 1. The number of hydrogen-bond donors (Lipinski definition) is 1. The largest absolute Gasteiger partial charge is 0.326 e. The van der Waals surface area contributed by atoms with Gasteiger partial charge in [-0.15, -0.1) is 0 Å². The highest BCUT2D eigenvalue weighted by molar-refractivity contribution is 5.97. The minimum atomic E-state index is -0.512. The lowest BCUT2D eigenvalue weighted by atomic mass is 10.0. The van der Waals surface area contributed by atoms with Crippen LogP contribution in [-0.2, 0) is 6.54 Å². The molecular weight excluding hydrogens is 357 g/mol. The molecule has 6 heteroatoms. The van der Waals surface area contributed by atoms with Crippen LogP contribution < -0.4 is 10.9 Å². The van der Waals surface area contributed by atoms with Gasteiger partial charge in [0.05, 0.1) is 6.54 Å². The van der Waals surface area contributed by atoms with E-state index < -0.39 is 11.5 Å². The second kappa shape index (κ2) is 7.76. The SMILES string of the molecule is C=C(C)NC(=O)c1cc2cc(C(C)C)cnc2n(Cc2ccc(F)cc2)c1=O. The standard InChI is InChI=1S/C22H22FN3O2/c1-13(2)17-9-16-10-19(21(27)25-14(3)4)22(28)26(20(16)24-11-17)12-15-5-7-18(23)8-6-15/h5-11,13H,3,12H2,1-2,4H3,(H,25,27). The van der Waals surface area contributed by atoms with Crippen LogP contribution >= 0.6 is 0 Å². The van der Waals surface area contributed by atoms with E-state index in [1.807, 2.05) is 19.9 Å². The number of amides is 1. The summed E-state index contributed by atoms with van der Waals surface area (Å²) in [6, 6.07) is 9.39. The number of rotatable bonds is 5. The number of benzene rings is 1. The molecule has 5 nitrogen and oxygen atoms in total. The number of pyridine rings is 2. The molecule has 0 aliphatic rings. The highest BCUT2D eigenvalue weighted by Crippen LogP contribution is 2.20. The molecule has 0 radical (unpaired) electrons. The van der Waals surface area contributed by atoms with Gasteiger partial charge in [0, 0.05) is 17.3 Å². The minimum absolute atomic E-state index is 0.0142. The second-order valence-electron chi connectivity index (χ2n) is 7.15. The molecule has 0 bridgehead atoms. The fraction of sp³-hybridized carbons (Fsp3) is 0.227. The van der Waals surface area contributed by atoms with E-state index in [4.69, 9.17) is 0 Å². The molecule has 0 fully saturated rings. The van der Waals surface area contributed by atoms with Gasteiger partial charge >= 0.3 is 0 Å². The summed E-state index contributed by atoms with van der Waals surface area (Å²) in [7, 11) is 0. The van der Waals surface area contributed by atoms with Gasteiger partial charge in [0.25, 0.3) is 11.5 Å². The van der Waals surface area contributed by atoms with Crippen molar-refractivity contribution >= 4 is 16.9 Å². The quantitative estimate of drug-likeness (QED) is 0.730. The molecule has 0 aliphatic heterocycles. The van der Waals surface area contributed by atoms with E-state index in [2.05, 4.69) is 16.9 Å². The lowest BCUT2D eigenvalue weighted by Gasteiger charge is -2.14. The number of fused-ring (bicyclic) bond motifs is 1. The van der Waals surface area contributed by atoms with Crippen LogP contribution in [-0.4, -0.2) is 15.5 Å². The second-order valence-corrected chi connectivity index (χ2v) is 7.15. The van der Waals surface area contributed by atoms with Crippen molar-refractivity contribution in [1.82, 2.24) is 14.9 Å². The van der Waals surface area contributed by atoms with E-state index >= 15 is 0 Å². The molecule has 2 heterocycles. The Morgan fingerprint density at radius 2 is 1.93 bits per heavy atom. The molecule has 0 saturated heterocycles. The van der Waals surface area contributed by atoms with E-state index in [1.165, 1.54) is 16.7 Å². The number of carbonyl (C=O) groups is 1. The Labute approximate surface area is 162 Å². The predicted octanol–water partition coefficient (Wildman–Crippen LogP) is 3.97. The minimum Gasteiger partial charge on any atom is -0.326 e. The molecule has 0 unspecified atom stereocenters. The maximum atomic E-state index is 13.2. The normalized spacial score (nSPS) is 11.0. The molecule has 1 amide bonds. The summed E-state index contributed by atoms with van der Waals surface area (Å²) in [6.45, 7) is 9.58. The molecule has 3 rings (SSSR count). The van der Waals surface area contributed by atoms with Crippen molar-refractivity contribution in [1.29, 1.82) is 0 Å². The average molecular weight is 379 g/mol. The Kier molecular flexibility index (Phi) is 5.40. The van der Waals surface area contributed by atoms with Crippen molar-refractivity contribution in [3.63, 3.8) is 0 Å². The summed E-state index contributed by atoms with van der Waals surface area (Å²) in [5.41, 5.74) is 2.22. The molecule has 2 aromatic heterocycles. The zero-order chi connectivity index (χ0) is 20.4. The maximum absolute atomic E-state index is 13.2. The first-order chi connectivity index (χ1) is 13.3. The van der Waals surface area contributed by atoms with Crippen LogP contribution in [0.2, 0.25) is 0 Å². The fourth-order valence-electron chi connectivity index (χ4n) is 2.94. The van der Waals surface area contributed by atoms with Crippen LogP contribution in [0.25, 0.3) is 11.0 Å². The van der Waals surface area contributed by atoms with Crippen LogP contribution in [0.3, 0.4) is 0 Å². The molecule has 1 N–H and O–H groups in total. The Morgan fingerprint density at radius 1 is 1.25 bits per heavy atom. The summed E-state index contributed by atoms with van der Waals surface area (Å²) < 4.78 is 14.7. The number of halogens is 1. The van der Waals surface area contributed by atoms with Gasteiger partial charge in [0.1, 0.15) is 17.0 Å². The van der Waals surface area contributed by atoms with Crippen molar-refractivity contribution in [3.8, 4) is 0 Å². The van der Waals surface area contributed by atoms with Crippen LogP contribution in [0.4, 0.5) is 4.39 Å².